The smallest absolute Gasteiger partial charge is 0.169 e. The number of rotatable bonds is 3. The number of carbonyl (C=O) groups excluding carboxylic acids is 1. The molecule has 1 atom stereocenters. The van der Waals surface area contributed by atoms with E-state index in [1.54, 1.807) is 19.2 Å². The average Bonchev–Trinajstić information content (AvgIpc) is 2.54. The van der Waals surface area contributed by atoms with Gasteiger partial charge in [0.15, 0.2) is 5.78 Å². The Balaban J connectivity index is 1.93. The lowest BCUT2D eigenvalue weighted by Crippen LogP contribution is -2.35. The minimum Gasteiger partial charge on any atom is -0.508 e. The fourth-order valence-electron chi connectivity index (χ4n) is 3.41. The minimum atomic E-state index is -0.430. The van der Waals surface area contributed by atoms with Crippen molar-refractivity contribution in [1.82, 2.24) is 0 Å². The fourth-order valence-corrected chi connectivity index (χ4v) is 3.41. The monoisotopic (exact) mass is 310 g/mol. The molecule has 2 aromatic rings. The van der Waals surface area contributed by atoms with Crippen LogP contribution in [0, 0.1) is 12.3 Å². The number of methoxy groups -OCH3 is 1. The first-order valence-corrected chi connectivity index (χ1v) is 7.93. The number of aryl methyl sites for hydroxylation is 2. The molecule has 1 unspecified atom stereocenters. The predicted octanol–water partition coefficient (Wildman–Crippen LogP) is 4.09. The van der Waals surface area contributed by atoms with Gasteiger partial charge >= 0.3 is 0 Å². The normalized spacial score (nSPS) is 20.2. The summed E-state index contributed by atoms with van der Waals surface area (Å²) in [4.78, 5) is 13.0. The predicted molar refractivity (Wildman–Crippen MR) is 90.3 cm³/mol. The van der Waals surface area contributed by atoms with Crippen LogP contribution in [-0.2, 0) is 12.8 Å². The van der Waals surface area contributed by atoms with Gasteiger partial charge in [0, 0.05) is 11.0 Å². The first-order chi connectivity index (χ1) is 10.9. The van der Waals surface area contributed by atoms with Crippen LogP contribution in [0.1, 0.15) is 40.4 Å². The number of phenols is 1. The third kappa shape index (κ3) is 2.83. The second-order valence-corrected chi connectivity index (χ2v) is 6.70. The summed E-state index contributed by atoms with van der Waals surface area (Å²) in [7, 11) is 1.64. The topological polar surface area (TPSA) is 46.5 Å². The van der Waals surface area contributed by atoms with Gasteiger partial charge in [-0.2, -0.15) is 0 Å². The lowest BCUT2D eigenvalue weighted by atomic mass is 9.68. The minimum absolute atomic E-state index is 0.184. The van der Waals surface area contributed by atoms with Crippen LogP contribution in [0.2, 0.25) is 0 Å². The lowest BCUT2D eigenvalue weighted by Gasteiger charge is -2.34. The zero-order valence-corrected chi connectivity index (χ0v) is 13.8. The van der Waals surface area contributed by atoms with Crippen molar-refractivity contribution in [3.63, 3.8) is 0 Å². The molecule has 3 rings (SSSR count). The second kappa shape index (κ2) is 5.73. The van der Waals surface area contributed by atoms with E-state index in [2.05, 4.69) is 0 Å². The zero-order chi connectivity index (χ0) is 16.6. The molecule has 0 spiro atoms. The first-order valence-electron chi connectivity index (χ1n) is 7.93. The maximum absolute atomic E-state index is 13.0. The molecule has 0 heterocycles. The number of ketones is 1. The molecule has 0 aliphatic heterocycles. The van der Waals surface area contributed by atoms with E-state index in [1.165, 1.54) is 0 Å². The van der Waals surface area contributed by atoms with Crippen molar-refractivity contribution >= 4 is 5.78 Å². The number of ether oxygens (including phenoxy) is 1. The molecule has 0 bridgehead atoms. The molecule has 3 nitrogen and oxygen atoms in total. The molecule has 1 aliphatic carbocycles. The summed E-state index contributed by atoms with van der Waals surface area (Å²) >= 11 is 0. The number of aromatic hydroxyl groups is 1. The molecule has 0 amide bonds. The Bertz CT molecular complexity index is 763. The molecule has 1 N–H and O–H groups in total. The molecule has 0 aromatic heterocycles. The number of benzene rings is 2. The molecular formula is C20H22O3. The van der Waals surface area contributed by atoms with Gasteiger partial charge in [0.05, 0.1) is 7.11 Å². The Morgan fingerprint density at radius 2 is 2.00 bits per heavy atom. The van der Waals surface area contributed by atoms with Gasteiger partial charge in [0.25, 0.3) is 0 Å². The van der Waals surface area contributed by atoms with E-state index >= 15 is 0 Å². The summed E-state index contributed by atoms with van der Waals surface area (Å²) in [6, 6.07) is 11.1. The number of Topliss-reactive ketones (excluding diaryl/α,β-unsaturated/α-hetero) is 1. The van der Waals surface area contributed by atoms with Crippen LogP contribution in [0.5, 0.6) is 11.5 Å². The fraction of sp³-hybridized carbons (Fsp3) is 0.350. The highest BCUT2D eigenvalue weighted by atomic mass is 16.5. The molecule has 0 fully saturated rings. The molecule has 23 heavy (non-hydrogen) atoms. The molecule has 120 valence electrons. The highest BCUT2D eigenvalue weighted by Gasteiger charge is 2.38. The Kier molecular flexibility index (Phi) is 3.88. The third-order valence-corrected chi connectivity index (χ3v) is 4.96. The number of phenolic OH excluding ortho intramolecular Hbond substituents is 1. The number of hydrogen-bond donors (Lipinski definition) is 1. The van der Waals surface area contributed by atoms with E-state index in [-0.39, 0.29) is 11.5 Å². The van der Waals surface area contributed by atoms with Gasteiger partial charge in [0.2, 0.25) is 0 Å². The van der Waals surface area contributed by atoms with Crippen molar-refractivity contribution in [2.75, 3.05) is 7.11 Å². The SMILES string of the molecule is COc1ccc2c(c1)CCC(C)(Cc1cc(O)ccc1C)C2=O. The molecule has 1 aliphatic rings. The quantitative estimate of drug-likeness (QED) is 0.929. The van der Waals surface area contributed by atoms with Gasteiger partial charge in [-0.1, -0.05) is 13.0 Å². The van der Waals surface area contributed by atoms with Gasteiger partial charge < -0.3 is 9.84 Å². The summed E-state index contributed by atoms with van der Waals surface area (Å²) < 4.78 is 5.25. The van der Waals surface area contributed by atoms with E-state index in [0.717, 1.165) is 40.8 Å². The van der Waals surface area contributed by atoms with Gasteiger partial charge in [-0.25, -0.2) is 0 Å². The van der Waals surface area contributed by atoms with E-state index in [0.29, 0.717) is 6.42 Å². The van der Waals surface area contributed by atoms with E-state index in [9.17, 15) is 9.90 Å². The van der Waals surface area contributed by atoms with E-state index in [4.69, 9.17) is 4.74 Å². The number of fused-ring (bicyclic) bond motifs is 1. The van der Waals surface area contributed by atoms with Crippen LogP contribution in [0.3, 0.4) is 0 Å². The molecule has 0 saturated heterocycles. The van der Waals surface area contributed by atoms with Crippen LogP contribution >= 0.6 is 0 Å². The average molecular weight is 310 g/mol. The maximum atomic E-state index is 13.0. The first kappa shape index (κ1) is 15.6. The van der Waals surface area contributed by atoms with Gasteiger partial charge in [-0.15, -0.1) is 0 Å². The summed E-state index contributed by atoms with van der Waals surface area (Å²) in [6.45, 7) is 4.05. The third-order valence-electron chi connectivity index (χ3n) is 4.96. The molecular weight excluding hydrogens is 288 g/mol. The van der Waals surface area contributed by atoms with Gasteiger partial charge in [-0.05, 0) is 73.2 Å². The number of carbonyl (C=O) groups is 1. The summed E-state index contributed by atoms with van der Waals surface area (Å²) in [6.07, 6.45) is 2.32. The highest BCUT2D eigenvalue weighted by Crippen LogP contribution is 2.39. The Morgan fingerprint density at radius 1 is 1.22 bits per heavy atom. The van der Waals surface area contributed by atoms with Crippen LogP contribution in [0.25, 0.3) is 0 Å². The highest BCUT2D eigenvalue weighted by molar-refractivity contribution is 6.02. The standard InChI is InChI=1S/C20H22O3/c1-13-4-5-16(21)10-15(13)12-20(2)9-8-14-11-17(23-3)6-7-18(14)19(20)22/h4-7,10-11,21H,8-9,12H2,1-3H3. The van der Waals surface area contributed by atoms with Crippen molar-refractivity contribution < 1.29 is 14.6 Å². The van der Waals surface area contributed by atoms with Crippen molar-refractivity contribution in [3.05, 3.63) is 58.7 Å². The van der Waals surface area contributed by atoms with E-state index in [1.807, 2.05) is 38.1 Å². The molecule has 0 saturated carbocycles. The van der Waals surface area contributed by atoms with E-state index < -0.39 is 5.41 Å². The Hall–Kier alpha value is -2.29. The van der Waals surface area contributed by atoms with Crippen LogP contribution in [0.4, 0.5) is 0 Å². The molecule has 2 aromatic carbocycles. The second-order valence-electron chi connectivity index (χ2n) is 6.70. The lowest BCUT2D eigenvalue weighted by molar-refractivity contribution is 0.0784. The van der Waals surface area contributed by atoms with Crippen LogP contribution in [-0.4, -0.2) is 18.0 Å². The maximum Gasteiger partial charge on any atom is 0.169 e. The van der Waals surface area contributed by atoms with Crippen LogP contribution in [0.15, 0.2) is 36.4 Å². The van der Waals surface area contributed by atoms with Crippen LogP contribution < -0.4 is 4.74 Å². The van der Waals surface area contributed by atoms with Crippen molar-refractivity contribution in [2.45, 2.75) is 33.1 Å². The number of hydrogen-bond acceptors (Lipinski definition) is 3. The Morgan fingerprint density at radius 3 is 2.74 bits per heavy atom. The Labute approximate surface area is 136 Å². The summed E-state index contributed by atoms with van der Waals surface area (Å²) in [5, 5.41) is 9.73. The van der Waals surface area contributed by atoms with Crippen molar-refractivity contribution in [3.8, 4) is 11.5 Å². The zero-order valence-electron chi connectivity index (χ0n) is 13.8. The summed E-state index contributed by atoms with van der Waals surface area (Å²) in [5.74, 6) is 1.23. The van der Waals surface area contributed by atoms with Gasteiger partial charge in [0.1, 0.15) is 11.5 Å². The summed E-state index contributed by atoms with van der Waals surface area (Å²) in [5.41, 5.74) is 3.59. The van der Waals surface area contributed by atoms with Gasteiger partial charge in [-0.3, -0.25) is 4.79 Å². The van der Waals surface area contributed by atoms with Crippen molar-refractivity contribution in [1.29, 1.82) is 0 Å². The van der Waals surface area contributed by atoms with Crippen molar-refractivity contribution in [2.24, 2.45) is 5.41 Å². The molecule has 3 heteroatoms. The largest absolute Gasteiger partial charge is 0.508 e. The molecule has 0 radical (unpaired) electrons.